The van der Waals surface area contributed by atoms with Gasteiger partial charge in [0.15, 0.2) is 11.6 Å². The summed E-state index contributed by atoms with van der Waals surface area (Å²) in [5.74, 6) is -1.15. The zero-order valence-electron chi connectivity index (χ0n) is 17.1. The molecule has 3 aromatic rings. The molecule has 0 radical (unpaired) electrons. The number of hydrogen-bond acceptors (Lipinski definition) is 3. The summed E-state index contributed by atoms with van der Waals surface area (Å²) in [7, 11) is 0. The first-order valence-corrected chi connectivity index (χ1v) is 10.7. The summed E-state index contributed by atoms with van der Waals surface area (Å²) in [6.07, 6.45) is 4.70. The second-order valence-electron chi connectivity index (χ2n) is 8.37. The number of nitrogens with one attached hydrogen (secondary N) is 1. The van der Waals surface area contributed by atoms with Crippen molar-refractivity contribution in [1.82, 2.24) is 15.1 Å². The van der Waals surface area contributed by atoms with Gasteiger partial charge < -0.3 is 10.2 Å². The van der Waals surface area contributed by atoms with Crippen molar-refractivity contribution >= 4 is 11.6 Å². The summed E-state index contributed by atoms with van der Waals surface area (Å²) >= 11 is 0. The van der Waals surface area contributed by atoms with Gasteiger partial charge in [0.05, 0.1) is 23.1 Å². The van der Waals surface area contributed by atoms with E-state index in [0.29, 0.717) is 30.3 Å². The molecule has 5 nitrogen and oxygen atoms in total. The lowest BCUT2D eigenvalue weighted by molar-refractivity contribution is 0.0947. The molecule has 0 bridgehead atoms. The molecule has 1 N–H and O–H groups in total. The highest BCUT2D eigenvalue weighted by atomic mass is 19.2. The minimum atomic E-state index is -0.839. The maximum absolute atomic E-state index is 13.5. The molecule has 1 amide bonds. The Morgan fingerprint density at radius 2 is 1.84 bits per heavy atom. The first-order chi connectivity index (χ1) is 15.1. The quantitative estimate of drug-likeness (QED) is 0.645. The van der Waals surface area contributed by atoms with Gasteiger partial charge in [-0.3, -0.25) is 4.79 Å². The van der Waals surface area contributed by atoms with E-state index >= 15 is 0 Å². The van der Waals surface area contributed by atoms with E-state index in [0.717, 1.165) is 43.3 Å². The maximum Gasteiger partial charge on any atom is 0.254 e. The number of amides is 1. The lowest BCUT2D eigenvalue weighted by Gasteiger charge is -2.19. The fourth-order valence-electron chi connectivity index (χ4n) is 4.31. The van der Waals surface area contributed by atoms with Crippen LogP contribution in [0.4, 0.5) is 14.5 Å². The summed E-state index contributed by atoms with van der Waals surface area (Å²) in [5, 5.41) is 7.57. The van der Waals surface area contributed by atoms with Crippen LogP contribution in [0.25, 0.3) is 5.69 Å². The number of nitrogens with zero attached hydrogens (tertiary/aromatic N) is 3. The van der Waals surface area contributed by atoms with Crippen LogP contribution in [-0.4, -0.2) is 35.3 Å². The van der Waals surface area contributed by atoms with Crippen LogP contribution in [0, 0.1) is 17.6 Å². The molecular formula is C24H24F2N4O. The largest absolute Gasteiger partial charge is 0.371 e. The van der Waals surface area contributed by atoms with Crippen LogP contribution in [0.1, 0.15) is 41.2 Å². The number of anilines is 1. The summed E-state index contributed by atoms with van der Waals surface area (Å²) < 4.78 is 28.6. The SMILES string of the molecule is O=C(NCC1CCN(c2ccc(F)c(F)c2)C1)c1cnn(-c2ccccc2)c1C1CC1. The normalized spacial score (nSPS) is 18.4. The molecule has 1 aromatic heterocycles. The molecule has 1 aliphatic carbocycles. The van der Waals surface area contributed by atoms with Gasteiger partial charge >= 0.3 is 0 Å². The molecule has 160 valence electrons. The van der Waals surface area contributed by atoms with Crippen molar-refractivity contribution in [2.75, 3.05) is 24.5 Å². The first kappa shape index (κ1) is 19.7. The number of carbonyl (C=O) groups excluding carboxylic acids is 1. The Morgan fingerprint density at radius 3 is 2.58 bits per heavy atom. The third kappa shape index (κ3) is 4.04. The van der Waals surface area contributed by atoms with Crippen LogP contribution in [0.5, 0.6) is 0 Å². The highest BCUT2D eigenvalue weighted by molar-refractivity contribution is 5.95. The number of benzene rings is 2. The fraction of sp³-hybridized carbons (Fsp3) is 0.333. The molecule has 2 aliphatic rings. The predicted octanol–water partition coefficient (Wildman–Crippen LogP) is 4.28. The Kier molecular flexibility index (Phi) is 5.18. The van der Waals surface area contributed by atoms with E-state index in [1.807, 2.05) is 39.9 Å². The molecule has 5 rings (SSSR count). The monoisotopic (exact) mass is 422 g/mol. The third-order valence-corrected chi connectivity index (χ3v) is 6.12. The van der Waals surface area contributed by atoms with Gasteiger partial charge in [0.25, 0.3) is 5.91 Å². The van der Waals surface area contributed by atoms with Crippen LogP contribution in [0.2, 0.25) is 0 Å². The van der Waals surface area contributed by atoms with E-state index in [-0.39, 0.29) is 11.8 Å². The molecule has 31 heavy (non-hydrogen) atoms. The predicted molar refractivity (Wildman–Crippen MR) is 115 cm³/mol. The van der Waals surface area contributed by atoms with E-state index < -0.39 is 11.6 Å². The molecule has 1 aliphatic heterocycles. The maximum atomic E-state index is 13.5. The average Bonchev–Trinajstić information content (AvgIpc) is 3.34. The molecular weight excluding hydrogens is 398 g/mol. The molecule has 2 heterocycles. The van der Waals surface area contributed by atoms with Crippen molar-refractivity contribution in [3.63, 3.8) is 0 Å². The van der Waals surface area contributed by atoms with E-state index in [1.165, 1.54) is 6.07 Å². The number of rotatable bonds is 6. The van der Waals surface area contributed by atoms with E-state index in [9.17, 15) is 13.6 Å². The molecule has 2 fully saturated rings. The van der Waals surface area contributed by atoms with Gasteiger partial charge in [0, 0.05) is 37.3 Å². The van der Waals surface area contributed by atoms with Gasteiger partial charge in [0.2, 0.25) is 0 Å². The van der Waals surface area contributed by atoms with Crippen LogP contribution < -0.4 is 10.2 Å². The Morgan fingerprint density at radius 1 is 1.03 bits per heavy atom. The molecule has 1 unspecified atom stereocenters. The van der Waals surface area contributed by atoms with E-state index in [1.54, 1.807) is 12.3 Å². The number of hydrogen-bond donors (Lipinski definition) is 1. The summed E-state index contributed by atoms with van der Waals surface area (Å²) in [6.45, 7) is 1.99. The van der Waals surface area contributed by atoms with E-state index in [4.69, 9.17) is 0 Å². The molecule has 1 saturated heterocycles. The van der Waals surface area contributed by atoms with Gasteiger partial charge in [-0.2, -0.15) is 5.10 Å². The van der Waals surface area contributed by atoms with E-state index in [2.05, 4.69) is 10.4 Å². The Bertz CT molecular complexity index is 1090. The smallest absolute Gasteiger partial charge is 0.254 e. The average molecular weight is 422 g/mol. The number of carbonyl (C=O) groups is 1. The second kappa shape index (κ2) is 8.13. The molecule has 1 saturated carbocycles. The third-order valence-electron chi connectivity index (χ3n) is 6.12. The number of para-hydroxylation sites is 1. The number of halogens is 2. The minimum absolute atomic E-state index is 0.102. The van der Waals surface area contributed by atoms with Gasteiger partial charge in [-0.25, -0.2) is 13.5 Å². The van der Waals surface area contributed by atoms with Crippen LogP contribution >= 0.6 is 0 Å². The topological polar surface area (TPSA) is 50.2 Å². The highest BCUT2D eigenvalue weighted by Gasteiger charge is 2.33. The Balaban J connectivity index is 1.24. The molecule has 2 aromatic carbocycles. The van der Waals surface area contributed by atoms with Gasteiger partial charge in [-0.1, -0.05) is 18.2 Å². The highest BCUT2D eigenvalue weighted by Crippen LogP contribution is 2.42. The molecule has 1 atom stereocenters. The first-order valence-electron chi connectivity index (χ1n) is 10.7. The van der Waals surface area contributed by atoms with Crippen molar-refractivity contribution < 1.29 is 13.6 Å². The van der Waals surface area contributed by atoms with Crippen LogP contribution in [0.3, 0.4) is 0 Å². The molecule has 7 heteroatoms. The zero-order chi connectivity index (χ0) is 21.4. The van der Waals surface area contributed by atoms with Crippen molar-refractivity contribution in [3.05, 3.63) is 77.6 Å². The van der Waals surface area contributed by atoms with Crippen molar-refractivity contribution in [3.8, 4) is 5.69 Å². The number of aromatic nitrogens is 2. The zero-order valence-corrected chi connectivity index (χ0v) is 17.1. The summed E-state index contributed by atoms with van der Waals surface area (Å²) in [6, 6.07) is 13.9. The Hall–Kier alpha value is -3.22. The van der Waals surface area contributed by atoms with Gasteiger partial charge in [-0.15, -0.1) is 0 Å². The standard InChI is InChI=1S/C24H24F2N4O/c25-21-9-8-19(12-22(21)26)29-11-10-16(15-29)13-27-24(31)20-14-28-30(23(20)17-6-7-17)18-4-2-1-3-5-18/h1-5,8-9,12,14,16-17H,6-7,10-11,13,15H2,(H,27,31). The molecule has 0 spiro atoms. The lowest BCUT2D eigenvalue weighted by atomic mass is 10.1. The van der Waals surface area contributed by atoms with Crippen LogP contribution in [-0.2, 0) is 0 Å². The van der Waals surface area contributed by atoms with Crippen molar-refractivity contribution in [2.45, 2.75) is 25.2 Å². The van der Waals surface area contributed by atoms with Crippen molar-refractivity contribution in [1.29, 1.82) is 0 Å². The van der Waals surface area contributed by atoms with Crippen LogP contribution in [0.15, 0.2) is 54.7 Å². The van der Waals surface area contributed by atoms with Crippen molar-refractivity contribution in [2.24, 2.45) is 5.92 Å². The minimum Gasteiger partial charge on any atom is -0.371 e. The van der Waals surface area contributed by atoms with Gasteiger partial charge in [-0.05, 0) is 49.4 Å². The Labute approximate surface area is 179 Å². The summed E-state index contributed by atoms with van der Waals surface area (Å²) in [5.41, 5.74) is 3.26. The van der Waals surface area contributed by atoms with Gasteiger partial charge in [0.1, 0.15) is 0 Å². The fourth-order valence-corrected chi connectivity index (χ4v) is 4.31. The second-order valence-corrected chi connectivity index (χ2v) is 8.37. The summed E-state index contributed by atoms with van der Waals surface area (Å²) in [4.78, 5) is 15.0. The lowest BCUT2D eigenvalue weighted by Crippen LogP contribution is -2.31.